The molecule has 2 rings (SSSR count). The normalized spacial score (nSPS) is 19.4. The molecule has 1 fully saturated rings. The molecule has 0 aliphatic carbocycles. The van der Waals surface area contributed by atoms with Crippen molar-refractivity contribution in [3.63, 3.8) is 0 Å². The Morgan fingerprint density at radius 1 is 1.52 bits per heavy atom. The first-order valence-corrected chi connectivity index (χ1v) is 7.58. The Hall–Kier alpha value is -1.59. The molecule has 1 heterocycles. The summed E-state index contributed by atoms with van der Waals surface area (Å²) in [6, 6.07) is 5.52. The third kappa shape index (κ3) is 4.72. The number of aryl methyl sites for hydroxylation is 1. The average Bonchev–Trinajstić information content (AvgIpc) is 2.48. The number of nitrogen functional groups attached to an aromatic ring is 1. The van der Waals surface area contributed by atoms with E-state index in [2.05, 4.69) is 17.1 Å². The van der Waals surface area contributed by atoms with E-state index in [0.717, 1.165) is 43.9 Å². The number of nitrogens with two attached hydrogens (primary N) is 1. The lowest BCUT2D eigenvalue weighted by molar-refractivity contribution is -0.117. The summed E-state index contributed by atoms with van der Waals surface area (Å²) in [5, 5.41) is 2.95. The molecule has 5 heteroatoms. The first kappa shape index (κ1) is 15.8. The van der Waals surface area contributed by atoms with Gasteiger partial charge in [-0.15, -0.1) is 0 Å². The number of anilines is 2. The molecule has 0 bridgehead atoms. The lowest BCUT2D eigenvalue weighted by Gasteiger charge is -2.32. The molecule has 3 N–H and O–H groups in total. The van der Waals surface area contributed by atoms with Crippen molar-refractivity contribution < 1.29 is 9.53 Å². The first-order chi connectivity index (χ1) is 10.1. The number of nitrogens with zero attached hydrogens (tertiary/aromatic N) is 1. The van der Waals surface area contributed by atoms with Crippen LogP contribution in [0, 0.1) is 6.92 Å². The van der Waals surface area contributed by atoms with Crippen LogP contribution in [0.15, 0.2) is 18.2 Å². The molecule has 21 heavy (non-hydrogen) atoms. The summed E-state index contributed by atoms with van der Waals surface area (Å²) in [6.45, 7) is 7.44. The third-order valence-electron chi connectivity index (χ3n) is 3.86. The van der Waals surface area contributed by atoms with Gasteiger partial charge < -0.3 is 15.8 Å². The highest BCUT2D eigenvalue weighted by atomic mass is 16.5. The summed E-state index contributed by atoms with van der Waals surface area (Å²) in [7, 11) is 0. The number of benzene rings is 1. The molecule has 1 aliphatic heterocycles. The number of amides is 1. The molecule has 0 saturated carbocycles. The molecule has 1 aliphatic rings. The fraction of sp³-hybridized carbons (Fsp3) is 0.562. The maximum atomic E-state index is 12.0. The lowest BCUT2D eigenvalue weighted by atomic mass is 10.1. The molecule has 1 atom stereocenters. The highest BCUT2D eigenvalue weighted by Gasteiger charge is 2.19. The number of hydrogen-bond acceptors (Lipinski definition) is 4. The van der Waals surface area contributed by atoms with Gasteiger partial charge in [-0.2, -0.15) is 0 Å². The zero-order valence-corrected chi connectivity index (χ0v) is 12.9. The van der Waals surface area contributed by atoms with Crippen LogP contribution < -0.4 is 11.1 Å². The minimum absolute atomic E-state index is 0.0439. The summed E-state index contributed by atoms with van der Waals surface area (Å²) in [4.78, 5) is 14.3. The summed E-state index contributed by atoms with van der Waals surface area (Å²) in [5.74, 6) is 0.0439. The van der Waals surface area contributed by atoms with Gasteiger partial charge in [-0.3, -0.25) is 9.69 Å². The second kappa shape index (κ2) is 7.43. The van der Waals surface area contributed by atoms with Crippen molar-refractivity contribution in [3.05, 3.63) is 23.8 Å². The van der Waals surface area contributed by atoms with Crippen LogP contribution in [0.5, 0.6) is 0 Å². The maximum absolute atomic E-state index is 12.0. The molecule has 1 unspecified atom stereocenters. The fourth-order valence-corrected chi connectivity index (χ4v) is 2.53. The fourth-order valence-electron chi connectivity index (χ4n) is 2.53. The quantitative estimate of drug-likeness (QED) is 0.814. The van der Waals surface area contributed by atoms with Crippen molar-refractivity contribution in [1.29, 1.82) is 0 Å². The molecule has 1 amide bonds. The van der Waals surface area contributed by atoms with Crippen LogP contribution in [-0.2, 0) is 9.53 Å². The van der Waals surface area contributed by atoms with Gasteiger partial charge in [0.2, 0.25) is 5.91 Å². The van der Waals surface area contributed by atoms with E-state index in [1.54, 1.807) is 6.07 Å². The second-order valence-corrected chi connectivity index (χ2v) is 5.57. The van der Waals surface area contributed by atoms with E-state index in [0.29, 0.717) is 18.2 Å². The van der Waals surface area contributed by atoms with E-state index in [-0.39, 0.29) is 5.91 Å². The van der Waals surface area contributed by atoms with E-state index >= 15 is 0 Å². The van der Waals surface area contributed by atoms with Crippen LogP contribution in [0.25, 0.3) is 0 Å². The third-order valence-corrected chi connectivity index (χ3v) is 3.86. The van der Waals surface area contributed by atoms with Gasteiger partial charge in [-0.1, -0.05) is 6.92 Å². The van der Waals surface area contributed by atoms with Crippen LogP contribution in [0.2, 0.25) is 0 Å². The SMILES string of the molecule is CCC1CN(CCC(=O)Nc2ccc(N)cc2C)CCO1. The van der Waals surface area contributed by atoms with Crippen LogP contribution in [0.1, 0.15) is 25.3 Å². The van der Waals surface area contributed by atoms with Crippen molar-refractivity contribution in [2.24, 2.45) is 0 Å². The zero-order valence-electron chi connectivity index (χ0n) is 12.9. The molecule has 1 aromatic rings. The van der Waals surface area contributed by atoms with Crippen molar-refractivity contribution in [2.75, 3.05) is 37.3 Å². The first-order valence-electron chi connectivity index (χ1n) is 7.58. The standard InChI is InChI=1S/C16H25N3O2/c1-3-14-11-19(8-9-21-14)7-6-16(20)18-15-5-4-13(17)10-12(15)2/h4-5,10,14H,3,6-9,11,17H2,1-2H3,(H,18,20). The molecule has 1 aromatic carbocycles. The molecular weight excluding hydrogens is 266 g/mol. The second-order valence-electron chi connectivity index (χ2n) is 5.57. The molecule has 1 saturated heterocycles. The zero-order chi connectivity index (χ0) is 15.2. The molecule has 0 spiro atoms. The maximum Gasteiger partial charge on any atom is 0.225 e. The minimum Gasteiger partial charge on any atom is -0.399 e. The molecule has 116 valence electrons. The van der Waals surface area contributed by atoms with Gasteiger partial charge in [-0.25, -0.2) is 0 Å². The van der Waals surface area contributed by atoms with Gasteiger partial charge in [0.1, 0.15) is 0 Å². The average molecular weight is 291 g/mol. The Morgan fingerprint density at radius 3 is 3.05 bits per heavy atom. The van der Waals surface area contributed by atoms with E-state index in [1.807, 2.05) is 19.1 Å². The molecule has 0 aromatic heterocycles. The predicted octanol–water partition coefficient (Wildman–Crippen LogP) is 2.02. The monoisotopic (exact) mass is 291 g/mol. The molecule has 0 radical (unpaired) electrons. The number of morpholine rings is 1. The summed E-state index contributed by atoms with van der Waals surface area (Å²) >= 11 is 0. The minimum atomic E-state index is 0.0439. The topological polar surface area (TPSA) is 67.6 Å². The highest BCUT2D eigenvalue weighted by molar-refractivity contribution is 5.91. The summed E-state index contributed by atoms with van der Waals surface area (Å²) in [5.41, 5.74) is 8.24. The molecule has 5 nitrogen and oxygen atoms in total. The summed E-state index contributed by atoms with van der Waals surface area (Å²) < 4.78 is 5.63. The number of hydrogen-bond donors (Lipinski definition) is 2. The Labute approximate surface area is 126 Å². The largest absolute Gasteiger partial charge is 0.399 e. The van der Waals surface area contributed by atoms with Gasteiger partial charge in [-0.05, 0) is 37.1 Å². The Balaban J connectivity index is 1.79. The number of ether oxygens (including phenoxy) is 1. The number of nitrogens with one attached hydrogen (secondary N) is 1. The smallest absolute Gasteiger partial charge is 0.225 e. The number of rotatable bonds is 5. The van der Waals surface area contributed by atoms with Crippen molar-refractivity contribution in [3.8, 4) is 0 Å². The summed E-state index contributed by atoms with van der Waals surface area (Å²) in [6.07, 6.45) is 1.83. The van der Waals surface area contributed by atoms with Crippen LogP contribution >= 0.6 is 0 Å². The van der Waals surface area contributed by atoms with Crippen LogP contribution in [0.3, 0.4) is 0 Å². The Bertz CT molecular complexity index is 490. The van der Waals surface area contributed by atoms with Gasteiger partial charge in [0.15, 0.2) is 0 Å². The van der Waals surface area contributed by atoms with E-state index in [1.165, 1.54) is 0 Å². The van der Waals surface area contributed by atoms with Crippen molar-refractivity contribution in [1.82, 2.24) is 4.90 Å². The Morgan fingerprint density at radius 2 is 2.33 bits per heavy atom. The van der Waals surface area contributed by atoms with Gasteiger partial charge in [0.05, 0.1) is 12.7 Å². The van der Waals surface area contributed by atoms with E-state index in [9.17, 15) is 4.79 Å². The number of carbonyl (C=O) groups is 1. The predicted molar refractivity (Wildman–Crippen MR) is 85.3 cm³/mol. The highest BCUT2D eigenvalue weighted by Crippen LogP contribution is 2.18. The van der Waals surface area contributed by atoms with Crippen molar-refractivity contribution >= 4 is 17.3 Å². The van der Waals surface area contributed by atoms with Crippen LogP contribution in [-0.4, -0.2) is 43.2 Å². The van der Waals surface area contributed by atoms with Gasteiger partial charge in [0, 0.05) is 37.4 Å². The van der Waals surface area contributed by atoms with Crippen molar-refractivity contribution in [2.45, 2.75) is 32.8 Å². The number of carbonyl (C=O) groups excluding carboxylic acids is 1. The van der Waals surface area contributed by atoms with Gasteiger partial charge >= 0.3 is 0 Å². The van der Waals surface area contributed by atoms with Gasteiger partial charge in [0.25, 0.3) is 0 Å². The molecular formula is C16H25N3O2. The van der Waals surface area contributed by atoms with E-state index < -0.39 is 0 Å². The lowest BCUT2D eigenvalue weighted by Crippen LogP contribution is -2.43. The van der Waals surface area contributed by atoms with E-state index in [4.69, 9.17) is 10.5 Å². The van der Waals surface area contributed by atoms with Crippen LogP contribution in [0.4, 0.5) is 11.4 Å². The Kier molecular flexibility index (Phi) is 5.59.